The molecular formula is C16H23ClN2O. The fourth-order valence-electron chi connectivity index (χ4n) is 3.49. The van der Waals surface area contributed by atoms with Crippen LogP contribution in [0.5, 0.6) is 5.75 Å². The maximum Gasteiger partial charge on any atom is 0.123 e. The fraction of sp³-hybridized carbons (Fsp3) is 0.625. The number of ether oxygens (including phenoxy) is 1. The summed E-state index contributed by atoms with van der Waals surface area (Å²) in [6.45, 7) is 4.23. The highest BCUT2D eigenvalue weighted by Gasteiger charge is 2.30. The highest BCUT2D eigenvalue weighted by Crippen LogP contribution is 2.32. The van der Waals surface area contributed by atoms with Crippen molar-refractivity contribution in [2.75, 3.05) is 13.1 Å². The average Bonchev–Trinajstić information content (AvgIpc) is 2.80. The third-order valence-corrected chi connectivity index (χ3v) is 4.71. The topological polar surface area (TPSA) is 38.5 Å². The van der Waals surface area contributed by atoms with Crippen molar-refractivity contribution in [2.24, 2.45) is 5.73 Å². The standard InChI is InChI=1S/C16H23ClN2O/c1-11(18)15-4-2-3-7-19(15)10-14-9-12-8-13(17)5-6-16(12)20-14/h5-6,8,11,14-15H,2-4,7,9-10,18H2,1H3. The molecule has 0 aromatic heterocycles. The van der Waals surface area contributed by atoms with Crippen LogP contribution in [0.2, 0.25) is 5.02 Å². The van der Waals surface area contributed by atoms with E-state index in [4.69, 9.17) is 22.1 Å². The van der Waals surface area contributed by atoms with Crippen LogP contribution in [0.1, 0.15) is 31.7 Å². The molecule has 0 amide bonds. The molecule has 0 radical (unpaired) electrons. The Bertz CT molecular complexity index is 478. The van der Waals surface area contributed by atoms with Gasteiger partial charge in [-0.2, -0.15) is 0 Å². The summed E-state index contributed by atoms with van der Waals surface area (Å²) in [5, 5.41) is 0.791. The van der Waals surface area contributed by atoms with E-state index in [1.807, 2.05) is 18.2 Å². The average molecular weight is 295 g/mol. The van der Waals surface area contributed by atoms with Crippen LogP contribution in [0.25, 0.3) is 0 Å². The highest BCUT2D eigenvalue weighted by atomic mass is 35.5. The molecule has 2 N–H and O–H groups in total. The summed E-state index contributed by atoms with van der Waals surface area (Å²) in [5.74, 6) is 0.994. The summed E-state index contributed by atoms with van der Waals surface area (Å²) in [5.41, 5.74) is 7.37. The van der Waals surface area contributed by atoms with E-state index in [2.05, 4.69) is 11.8 Å². The molecule has 1 aromatic carbocycles. The van der Waals surface area contributed by atoms with Crippen LogP contribution in [0.4, 0.5) is 0 Å². The molecule has 0 aliphatic carbocycles. The number of hydrogen-bond acceptors (Lipinski definition) is 3. The van der Waals surface area contributed by atoms with Gasteiger partial charge in [0, 0.05) is 30.1 Å². The number of likely N-dealkylation sites (tertiary alicyclic amines) is 1. The minimum atomic E-state index is 0.230. The Hall–Kier alpha value is -0.770. The van der Waals surface area contributed by atoms with Gasteiger partial charge in [0.1, 0.15) is 11.9 Å². The van der Waals surface area contributed by atoms with Crippen LogP contribution in [0.3, 0.4) is 0 Å². The molecule has 3 unspecified atom stereocenters. The molecule has 1 aromatic rings. The van der Waals surface area contributed by atoms with E-state index in [-0.39, 0.29) is 12.1 Å². The first-order valence-corrected chi connectivity index (χ1v) is 7.96. The number of nitrogens with zero attached hydrogens (tertiary/aromatic N) is 1. The van der Waals surface area contributed by atoms with Gasteiger partial charge in [-0.3, -0.25) is 4.90 Å². The zero-order chi connectivity index (χ0) is 14.1. The van der Waals surface area contributed by atoms with Crippen molar-refractivity contribution < 1.29 is 4.74 Å². The van der Waals surface area contributed by atoms with Crippen molar-refractivity contribution in [1.29, 1.82) is 0 Å². The van der Waals surface area contributed by atoms with Crippen molar-refractivity contribution in [3.8, 4) is 5.75 Å². The maximum atomic E-state index is 6.14. The second-order valence-electron chi connectivity index (χ2n) is 6.11. The van der Waals surface area contributed by atoms with Crippen molar-refractivity contribution in [3.63, 3.8) is 0 Å². The molecule has 0 spiro atoms. The Morgan fingerprint density at radius 3 is 3.10 bits per heavy atom. The SMILES string of the molecule is CC(N)C1CCCCN1CC1Cc2cc(Cl)ccc2O1. The molecule has 2 aliphatic rings. The molecule has 110 valence electrons. The van der Waals surface area contributed by atoms with Gasteiger partial charge in [-0.1, -0.05) is 18.0 Å². The summed E-state index contributed by atoms with van der Waals surface area (Å²) < 4.78 is 6.05. The zero-order valence-electron chi connectivity index (χ0n) is 12.0. The predicted molar refractivity (Wildman–Crippen MR) is 82.4 cm³/mol. The molecular weight excluding hydrogens is 272 g/mol. The number of fused-ring (bicyclic) bond motifs is 1. The first-order chi connectivity index (χ1) is 9.63. The monoisotopic (exact) mass is 294 g/mol. The molecule has 0 saturated carbocycles. The lowest BCUT2D eigenvalue weighted by Gasteiger charge is -2.39. The Kier molecular flexibility index (Phi) is 4.20. The van der Waals surface area contributed by atoms with Crippen LogP contribution < -0.4 is 10.5 Å². The van der Waals surface area contributed by atoms with E-state index < -0.39 is 0 Å². The normalized spacial score (nSPS) is 27.9. The highest BCUT2D eigenvalue weighted by molar-refractivity contribution is 6.30. The van der Waals surface area contributed by atoms with Gasteiger partial charge < -0.3 is 10.5 Å². The van der Waals surface area contributed by atoms with Gasteiger partial charge in [0.05, 0.1) is 0 Å². The second kappa shape index (κ2) is 5.92. The minimum Gasteiger partial charge on any atom is -0.488 e. The molecule has 2 heterocycles. The van der Waals surface area contributed by atoms with Crippen molar-refractivity contribution in [1.82, 2.24) is 4.90 Å². The van der Waals surface area contributed by atoms with Gasteiger partial charge in [0.25, 0.3) is 0 Å². The molecule has 3 rings (SSSR count). The largest absolute Gasteiger partial charge is 0.488 e. The van der Waals surface area contributed by atoms with E-state index in [0.29, 0.717) is 6.04 Å². The van der Waals surface area contributed by atoms with Gasteiger partial charge in [-0.25, -0.2) is 0 Å². The summed E-state index contributed by atoms with van der Waals surface area (Å²) in [6.07, 6.45) is 4.97. The van der Waals surface area contributed by atoms with Crippen LogP contribution in [0, 0.1) is 0 Å². The first-order valence-electron chi connectivity index (χ1n) is 7.58. The third kappa shape index (κ3) is 2.95. The molecule has 0 bridgehead atoms. The van der Waals surface area contributed by atoms with Crippen LogP contribution in [0.15, 0.2) is 18.2 Å². The van der Waals surface area contributed by atoms with Crippen LogP contribution in [-0.2, 0) is 6.42 Å². The summed E-state index contributed by atoms with van der Waals surface area (Å²) in [6, 6.07) is 6.63. The van der Waals surface area contributed by atoms with Crippen molar-refractivity contribution in [2.45, 2.75) is 50.8 Å². The van der Waals surface area contributed by atoms with Crippen LogP contribution >= 0.6 is 11.6 Å². The van der Waals surface area contributed by atoms with E-state index in [1.54, 1.807) is 0 Å². The molecule has 3 atom stereocenters. The number of nitrogens with two attached hydrogens (primary N) is 1. The minimum absolute atomic E-state index is 0.230. The van der Waals surface area contributed by atoms with E-state index >= 15 is 0 Å². The van der Waals surface area contributed by atoms with Crippen LogP contribution in [-0.4, -0.2) is 36.2 Å². The lowest BCUT2D eigenvalue weighted by Crippen LogP contribution is -2.51. The fourth-order valence-corrected chi connectivity index (χ4v) is 3.69. The predicted octanol–water partition coefficient (Wildman–Crippen LogP) is 2.85. The molecule has 3 nitrogen and oxygen atoms in total. The molecule has 4 heteroatoms. The number of hydrogen-bond donors (Lipinski definition) is 1. The van der Waals surface area contributed by atoms with Gasteiger partial charge in [0.2, 0.25) is 0 Å². The zero-order valence-corrected chi connectivity index (χ0v) is 12.8. The summed E-state index contributed by atoms with van der Waals surface area (Å²) in [4.78, 5) is 2.52. The van der Waals surface area contributed by atoms with Crippen molar-refractivity contribution >= 4 is 11.6 Å². The number of halogens is 1. The summed E-state index contributed by atoms with van der Waals surface area (Å²) in [7, 11) is 0. The molecule has 2 aliphatic heterocycles. The van der Waals surface area contributed by atoms with Gasteiger partial charge in [-0.05, 0) is 50.1 Å². The van der Waals surface area contributed by atoms with E-state index in [0.717, 1.165) is 30.3 Å². The summed E-state index contributed by atoms with van der Waals surface area (Å²) >= 11 is 6.05. The number of rotatable bonds is 3. The quantitative estimate of drug-likeness (QED) is 0.932. The van der Waals surface area contributed by atoms with Gasteiger partial charge in [-0.15, -0.1) is 0 Å². The molecule has 1 fully saturated rings. The van der Waals surface area contributed by atoms with E-state index in [1.165, 1.54) is 24.8 Å². The lowest BCUT2D eigenvalue weighted by atomic mass is 9.96. The Labute approximate surface area is 126 Å². The smallest absolute Gasteiger partial charge is 0.123 e. The van der Waals surface area contributed by atoms with E-state index in [9.17, 15) is 0 Å². The number of benzene rings is 1. The lowest BCUT2D eigenvalue weighted by molar-refractivity contribution is 0.0803. The second-order valence-corrected chi connectivity index (χ2v) is 6.55. The van der Waals surface area contributed by atoms with Crippen molar-refractivity contribution in [3.05, 3.63) is 28.8 Å². The van der Waals surface area contributed by atoms with Gasteiger partial charge in [0.15, 0.2) is 0 Å². The molecule has 1 saturated heterocycles. The Balaban J connectivity index is 1.64. The van der Waals surface area contributed by atoms with Gasteiger partial charge >= 0.3 is 0 Å². The third-order valence-electron chi connectivity index (χ3n) is 4.47. The molecule has 20 heavy (non-hydrogen) atoms. The number of piperidine rings is 1. The Morgan fingerprint density at radius 1 is 1.45 bits per heavy atom. The Morgan fingerprint density at radius 2 is 2.30 bits per heavy atom. The first kappa shape index (κ1) is 14.2. The maximum absolute atomic E-state index is 6.14.